The van der Waals surface area contributed by atoms with Crippen molar-refractivity contribution < 1.29 is 9.59 Å². The summed E-state index contributed by atoms with van der Waals surface area (Å²) in [6.07, 6.45) is 0.782. The number of hydrogen-bond donors (Lipinski definition) is 2. The zero-order chi connectivity index (χ0) is 7.56. The molecule has 0 spiro atoms. The van der Waals surface area contributed by atoms with Crippen LogP contribution in [0.2, 0.25) is 0 Å². The third-order valence-corrected chi connectivity index (χ3v) is 1.56. The van der Waals surface area contributed by atoms with Gasteiger partial charge in [-0.05, 0) is 12.5 Å². The summed E-state index contributed by atoms with van der Waals surface area (Å²) in [7, 11) is 0. The van der Waals surface area contributed by atoms with Crippen LogP contribution in [0, 0.1) is 5.92 Å². The van der Waals surface area contributed by atoms with Crippen LogP contribution >= 0.6 is 0 Å². The van der Waals surface area contributed by atoms with Gasteiger partial charge < -0.3 is 5.73 Å². The lowest BCUT2D eigenvalue weighted by Gasteiger charge is -2.18. The van der Waals surface area contributed by atoms with Gasteiger partial charge in [0.1, 0.15) is 0 Å². The number of carbonyl (C=O) groups excluding carboxylic acids is 2. The van der Waals surface area contributed by atoms with Crippen molar-refractivity contribution in [1.82, 2.24) is 5.32 Å². The molecule has 1 fully saturated rings. The second-order valence-electron chi connectivity index (χ2n) is 2.48. The lowest BCUT2D eigenvalue weighted by Crippen LogP contribution is -2.40. The highest BCUT2D eigenvalue weighted by atomic mass is 16.2. The van der Waals surface area contributed by atoms with Crippen LogP contribution in [0.1, 0.15) is 12.8 Å². The molecule has 1 rings (SSSR count). The highest BCUT2D eigenvalue weighted by Gasteiger charge is 2.22. The molecule has 2 amide bonds. The Balaban J connectivity index is 2.50. The summed E-state index contributed by atoms with van der Waals surface area (Å²) in [6.45, 7) is 0.416. The zero-order valence-electron chi connectivity index (χ0n) is 5.59. The van der Waals surface area contributed by atoms with E-state index >= 15 is 0 Å². The quantitative estimate of drug-likeness (QED) is 0.461. The molecule has 0 aromatic heterocycles. The fraction of sp³-hybridized carbons (Fsp3) is 0.667. The van der Waals surface area contributed by atoms with E-state index in [2.05, 4.69) is 5.32 Å². The molecule has 4 heteroatoms. The van der Waals surface area contributed by atoms with Crippen LogP contribution in [0.5, 0.6) is 0 Å². The average molecular weight is 142 g/mol. The predicted octanol–water partition coefficient (Wildman–Crippen LogP) is -1.00. The number of imide groups is 1. The maximum absolute atomic E-state index is 10.7. The minimum absolute atomic E-state index is 0.0567. The molecule has 0 aromatic carbocycles. The van der Waals surface area contributed by atoms with Crippen LogP contribution in [0.3, 0.4) is 0 Å². The highest BCUT2D eigenvalue weighted by molar-refractivity contribution is 5.97. The average Bonchev–Trinajstić information content (AvgIpc) is 1.85. The van der Waals surface area contributed by atoms with Crippen molar-refractivity contribution in [3.63, 3.8) is 0 Å². The summed E-state index contributed by atoms with van der Waals surface area (Å²) in [4.78, 5) is 21.3. The van der Waals surface area contributed by atoms with E-state index in [1.165, 1.54) is 0 Å². The molecule has 1 heterocycles. The van der Waals surface area contributed by atoms with Gasteiger partial charge in [0.15, 0.2) is 0 Å². The van der Waals surface area contributed by atoms with Crippen LogP contribution in [-0.2, 0) is 9.59 Å². The Morgan fingerprint density at radius 1 is 1.40 bits per heavy atom. The molecule has 0 aliphatic carbocycles. The molecule has 0 radical (unpaired) electrons. The van der Waals surface area contributed by atoms with Gasteiger partial charge in [-0.3, -0.25) is 14.9 Å². The molecule has 56 valence electrons. The molecule has 4 nitrogen and oxygen atoms in total. The van der Waals surface area contributed by atoms with Crippen LogP contribution in [0.15, 0.2) is 0 Å². The van der Waals surface area contributed by atoms with Crippen LogP contribution in [-0.4, -0.2) is 18.4 Å². The minimum atomic E-state index is -0.202. The molecule has 0 unspecified atom stereocenters. The molecular formula is C6H10N2O2. The van der Waals surface area contributed by atoms with Crippen molar-refractivity contribution in [1.29, 1.82) is 0 Å². The van der Waals surface area contributed by atoms with Crippen LogP contribution < -0.4 is 11.1 Å². The smallest absolute Gasteiger partial charge is 0.226 e. The molecule has 0 saturated carbocycles. The van der Waals surface area contributed by atoms with Crippen molar-refractivity contribution >= 4 is 11.8 Å². The first-order valence-electron chi connectivity index (χ1n) is 3.25. The first-order chi connectivity index (χ1) is 4.72. The summed E-state index contributed by atoms with van der Waals surface area (Å²) in [5.74, 6) is -0.348. The van der Waals surface area contributed by atoms with Gasteiger partial charge >= 0.3 is 0 Å². The summed E-state index contributed by atoms with van der Waals surface area (Å²) in [6, 6.07) is 0. The number of piperidine rings is 1. The lowest BCUT2D eigenvalue weighted by molar-refractivity contribution is -0.134. The van der Waals surface area contributed by atoms with E-state index in [-0.39, 0.29) is 17.7 Å². The number of nitrogens with one attached hydrogen (secondary N) is 1. The standard InChI is InChI=1S/C6H10N2O2/c7-3-4-1-5(9)8-6(10)2-4/h4H,1-3,7H2,(H,8,9,10). The lowest BCUT2D eigenvalue weighted by atomic mass is 9.97. The van der Waals surface area contributed by atoms with E-state index in [1.54, 1.807) is 0 Å². The molecule has 1 saturated heterocycles. The molecule has 0 atom stereocenters. The van der Waals surface area contributed by atoms with E-state index in [9.17, 15) is 9.59 Å². The number of nitrogens with two attached hydrogens (primary N) is 1. The van der Waals surface area contributed by atoms with E-state index in [0.29, 0.717) is 19.4 Å². The number of amides is 2. The summed E-state index contributed by atoms with van der Waals surface area (Å²) >= 11 is 0. The Bertz CT molecular complexity index is 151. The van der Waals surface area contributed by atoms with Gasteiger partial charge in [0.2, 0.25) is 11.8 Å². The fourth-order valence-corrected chi connectivity index (χ4v) is 1.02. The van der Waals surface area contributed by atoms with Crippen molar-refractivity contribution in [2.24, 2.45) is 11.7 Å². The SMILES string of the molecule is NCC1CC(=O)NC(=O)C1. The highest BCUT2D eigenvalue weighted by Crippen LogP contribution is 2.10. The summed E-state index contributed by atoms with van der Waals surface area (Å²) < 4.78 is 0. The van der Waals surface area contributed by atoms with Crippen LogP contribution in [0.25, 0.3) is 0 Å². The zero-order valence-corrected chi connectivity index (χ0v) is 5.59. The van der Waals surface area contributed by atoms with Gasteiger partial charge in [0.25, 0.3) is 0 Å². The number of hydrogen-bond acceptors (Lipinski definition) is 3. The maximum Gasteiger partial charge on any atom is 0.226 e. The topological polar surface area (TPSA) is 72.2 Å². The number of carbonyl (C=O) groups is 2. The van der Waals surface area contributed by atoms with Gasteiger partial charge in [-0.2, -0.15) is 0 Å². The van der Waals surface area contributed by atoms with E-state index in [0.717, 1.165) is 0 Å². The second-order valence-corrected chi connectivity index (χ2v) is 2.48. The molecule has 3 N–H and O–H groups in total. The normalized spacial score (nSPS) is 20.9. The van der Waals surface area contributed by atoms with E-state index in [4.69, 9.17) is 5.73 Å². The monoisotopic (exact) mass is 142 g/mol. The summed E-state index contributed by atoms with van der Waals surface area (Å²) in [5, 5.41) is 2.21. The van der Waals surface area contributed by atoms with Crippen LogP contribution in [0.4, 0.5) is 0 Å². The first-order valence-corrected chi connectivity index (χ1v) is 3.25. The Morgan fingerprint density at radius 3 is 2.30 bits per heavy atom. The van der Waals surface area contributed by atoms with Crippen molar-refractivity contribution in [3.05, 3.63) is 0 Å². The molecule has 10 heavy (non-hydrogen) atoms. The Morgan fingerprint density at radius 2 is 1.90 bits per heavy atom. The Labute approximate surface area is 58.8 Å². The molecule has 0 aromatic rings. The van der Waals surface area contributed by atoms with Crippen molar-refractivity contribution in [3.8, 4) is 0 Å². The van der Waals surface area contributed by atoms with Gasteiger partial charge in [-0.15, -0.1) is 0 Å². The van der Waals surface area contributed by atoms with Gasteiger partial charge in [0, 0.05) is 12.8 Å². The Hall–Kier alpha value is -0.900. The maximum atomic E-state index is 10.7. The summed E-state index contributed by atoms with van der Waals surface area (Å²) in [5.41, 5.74) is 5.30. The minimum Gasteiger partial charge on any atom is -0.330 e. The molecule has 1 aliphatic rings. The van der Waals surface area contributed by atoms with Gasteiger partial charge in [-0.25, -0.2) is 0 Å². The third kappa shape index (κ3) is 1.54. The fourth-order valence-electron chi connectivity index (χ4n) is 1.02. The Kier molecular flexibility index (Phi) is 2.01. The first kappa shape index (κ1) is 7.21. The van der Waals surface area contributed by atoms with Crippen molar-refractivity contribution in [2.75, 3.05) is 6.54 Å². The predicted molar refractivity (Wildman–Crippen MR) is 34.9 cm³/mol. The van der Waals surface area contributed by atoms with Gasteiger partial charge in [0.05, 0.1) is 0 Å². The van der Waals surface area contributed by atoms with E-state index in [1.807, 2.05) is 0 Å². The molecular weight excluding hydrogens is 132 g/mol. The third-order valence-electron chi connectivity index (χ3n) is 1.56. The number of rotatable bonds is 1. The van der Waals surface area contributed by atoms with Gasteiger partial charge in [-0.1, -0.05) is 0 Å². The molecule has 1 aliphatic heterocycles. The second kappa shape index (κ2) is 2.79. The van der Waals surface area contributed by atoms with Crippen molar-refractivity contribution in [2.45, 2.75) is 12.8 Å². The van der Waals surface area contributed by atoms with E-state index < -0.39 is 0 Å². The largest absolute Gasteiger partial charge is 0.330 e. The molecule has 0 bridgehead atoms.